The summed E-state index contributed by atoms with van der Waals surface area (Å²) >= 11 is 0. The first-order valence-electron chi connectivity index (χ1n) is 10.9. The van der Waals surface area contributed by atoms with Gasteiger partial charge in [0.15, 0.2) is 6.61 Å². The number of amides is 1. The van der Waals surface area contributed by atoms with E-state index in [2.05, 4.69) is 41.5 Å². The number of aromatic nitrogens is 3. The lowest BCUT2D eigenvalue weighted by Crippen LogP contribution is -2.20. The van der Waals surface area contributed by atoms with Crippen LogP contribution in [-0.2, 0) is 4.79 Å². The second-order valence-electron chi connectivity index (χ2n) is 8.20. The van der Waals surface area contributed by atoms with Gasteiger partial charge in [-0.3, -0.25) is 4.79 Å². The fraction of sp³-hybridized carbons (Fsp3) is 0.269. The average Bonchev–Trinajstić information content (AvgIpc) is 3.20. The minimum Gasteiger partial charge on any atom is -0.484 e. The van der Waals surface area contributed by atoms with E-state index in [1.165, 1.54) is 11.1 Å². The van der Waals surface area contributed by atoms with Crippen molar-refractivity contribution in [2.45, 2.75) is 40.0 Å². The number of aryl methyl sites for hydroxylation is 2. The van der Waals surface area contributed by atoms with Crippen molar-refractivity contribution in [3.05, 3.63) is 77.4 Å². The Morgan fingerprint density at radius 2 is 1.66 bits per heavy atom. The van der Waals surface area contributed by atoms with Crippen LogP contribution in [0.2, 0.25) is 0 Å². The summed E-state index contributed by atoms with van der Waals surface area (Å²) in [7, 11) is 0. The van der Waals surface area contributed by atoms with Crippen molar-refractivity contribution in [1.29, 1.82) is 0 Å². The minimum atomic E-state index is -0.218. The second-order valence-corrected chi connectivity index (χ2v) is 8.20. The normalized spacial score (nSPS) is 12.0. The minimum absolute atomic E-state index is 0.0593. The molecular weight excluding hydrogens is 400 g/mol. The van der Waals surface area contributed by atoms with Gasteiger partial charge in [0.1, 0.15) is 16.8 Å². The first-order valence-corrected chi connectivity index (χ1v) is 10.9. The van der Waals surface area contributed by atoms with Gasteiger partial charge in [0, 0.05) is 5.69 Å². The summed E-state index contributed by atoms with van der Waals surface area (Å²) < 4.78 is 5.66. The lowest BCUT2D eigenvalue weighted by molar-refractivity contribution is -0.118. The number of hydrogen-bond acceptors (Lipinski definition) is 4. The number of anilines is 1. The molecule has 3 aromatic carbocycles. The third-order valence-corrected chi connectivity index (χ3v) is 5.70. The van der Waals surface area contributed by atoms with Crippen molar-refractivity contribution in [2.75, 3.05) is 11.9 Å². The maximum absolute atomic E-state index is 12.5. The summed E-state index contributed by atoms with van der Waals surface area (Å²) in [6.45, 7) is 8.29. The van der Waals surface area contributed by atoms with Gasteiger partial charge in [-0.25, -0.2) is 0 Å². The Balaban J connectivity index is 1.43. The zero-order chi connectivity index (χ0) is 22.7. The molecule has 1 heterocycles. The third-order valence-electron chi connectivity index (χ3n) is 5.70. The fourth-order valence-electron chi connectivity index (χ4n) is 3.46. The van der Waals surface area contributed by atoms with E-state index in [9.17, 15) is 4.79 Å². The van der Waals surface area contributed by atoms with Crippen molar-refractivity contribution < 1.29 is 9.53 Å². The van der Waals surface area contributed by atoms with Gasteiger partial charge in [-0.15, -0.1) is 10.2 Å². The summed E-state index contributed by atoms with van der Waals surface area (Å²) in [5.74, 6) is 0.971. The van der Waals surface area contributed by atoms with Crippen LogP contribution in [0, 0.1) is 13.8 Å². The molecule has 1 N–H and O–H groups in total. The predicted octanol–water partition coefficient (Wildman–Crippen LogP) is 5.57. The highest BCUT2D eigenvalue weighted by Gasteiger charge is 2.11. The molecule has 0 bridgehead atoms. The summed E-state index contributed by atoms with van der Waals surface area (Å²) in [6.07, 6.45) is 1.09. The van der Waals surface area contributed by atoms with Crippen molar-refractivity contribution in [1.82, 2.24) is 15.0 Å². The molecule has 4 rings (SSSR count). The molecule has 0 unspecified atom stereocenters. The van der Waals surface area contributed by atoms with Gasteiger partial charge in [0.25, 0.3) is 5.91 Å². The van der Waals surface area contributed by atoms with Crippen molar-refractivity contribution in [3.8, 4) is 11.4 Å². The van der Waals surface area contributed by atoms with Crippen molar-refractivity contribution >= 4 is 22.6 Å². The van der Waals surface area contributed by atoms with E-state index in [0.29, 0.717) is 22.9 Å². The first kappa shape index (κ1) is 21.6. The number of rotatable bonds is 7. The van der Waals surface area contributed by atoms with Gasteiger partial charge in [-0.1, -0.05) is 43.7 Å². The second kappa shape index (κ2) is 9.22. The quantitative estimate of drug-likeness (QED) is 0.418. The molecule has 6 heteroatoms. The molecule has 6 nitrogen and oxygen atoms in total. The Labute approximate surface area is 188 Å². The molecule has 0 saturated heterocycles. The van der Waals surface area contributed by atoms with E-state index in [4.69, 9.17) is 4.74 Å². The van der Waals surface area contributed by atoms with Crippen LogP contribution >= 0.6 is 0 Å². The van der Waals surface area contributed by atoms with Crippen molar-refractivity contribution in [3.63, 3.8) is 0 Å². The SMILES string of the molecule is CC[C@H](C)c1ccc(OCC(=O)Nc2cc3nn(-c4ccc(C)cc4)nc3cc2C)cc1. The molecule has 0 spiro atoms. The van der Waals surface area contributed by atoms with E-state index in [1.54, 1.807) is 4.80 Å². The van der Waals surface area contributed by atoms with Gasteiger partial charge < -0.3 is 10.1 Å². The number of ether oxygens (including phenoxy) is 1. The highest BCUT2D eigenvalue weighted by Crippen LogP contribution is 2.23. The highest BCUT2D eigenvalue weighted by atomic mass is 16.5. The Hall–Kier alpha value is -3.67. The molecule has 0 fully saturated rings. The number of nitrogens with zero attached hydrogens (tertiary/aromatic N) is 3. The molecule has 0 radical (unpaired) electrons. The third kappa shape index (κ3) is 4.80. The molecule has 0 aliphatic heterocycles. The van der Waals surface area contributed by atoms with Crippen LogP contribution in [0.3, 0.4) is 0 Å². The first-order chi connectivity index (χ1) is 15.4. The van der Waals surface area contributed by atoms with Crippen molar-refractivity contribution in [2.24, 2.45) is 0 Å². The maximum Gasteiger partial charge on any atom is 0.262 e. The van der Waals surface area contributed by atoms with Crippen LogP contribution in [0.15, 0.2) is 60.7 Å². The monoisotopic (exact) mass is 428 g/mol. The summed E-state index contributed by atoms with van der Waals surface area (Å²) in [4.78, 5) is 14.1. The zero-order valence-corrected chi connectivity index (χ0v) is 18.9. The van der Waals surface area contributed by atoms with Gasteiger partial charge in [-0.2, -0.15) is 4.80 Å². The Bertz CT molecular complexity index is 1230. The summed E-state index contributed by atoms with van der Waals surface area (Å²) in [6, 6.07) is 19.7. The number of carbonyl (C=O) groups is 1. The number of benzene rings is 3. The van der Waals surface area contributed by atoms with E-state index in [-0.39, 0.29) is 12.5 Å². The maximum atomic E-state index is 12.5. The zero-order valence-electron chi connectivity index (χ0n) is 18.9. The van der Waals surface area contributed by atoms with E-state index in [0.717, 1.165) is 23.2 Å². The number of hydrogen-bond donors (Lipinski definition) is 1. The molecule has 0 saturated carbocycles. The van der Waals surface area contributed by atoms with Crippen LogP contribution in [0.4, 0.5) is 5.69 Å². The van der Waals surface area contributed by atoms with E-state index < -0.39 is 0 Å². The van der Waals surface area contributed by atoms with Gasteiger partial charge >= 0.3 is 0 Å². The Morgan fingerprint density at radius 1 is 1.00 bits per heavy atom. The largest absolute Gasteiger partial charge is 0.484 e. The summed E-state index contributed by atoms with van der Waals surface area (Å²) in [5.41, 5.74) is 6.45. The molecule has 0 aliphatic rings. The smallest absolute Gasteiger partial charge is 0.262 e. The molecular formula is C26H28N4O2. The van der Waals surface area contributed by atoms with Gasteiger partial charge in [0.2, 0.25) is 0 Å². The lowest BCUT2D eigenvalue weighted by Gasteiger charge is -2.11. The van der Waals surface area contributed by atoms with Crippen LogP contribution in [0.1, 0.15) is 42.9 Å². The topological polar surface area (TPSA) is 69.0 Å². The molecule has 1 aromatic heterocycles. The van der Waals surface area contributed by atoms with Crippen LogP contribution in [-0.4, -0.2) is 27.5 Å². The molecule has 0 aliphatic carbocycles. The number of nitrogens with one attached hydrogen (secondary N) is 1. The predicted molar refractivity (Wildman–Crippen MR) is 128 cm³/mol. The van der Waals surface area contributed by atoms with Gasteiger partial charge in [-0.05, 0) is 73.7 Å². The number of carbonyl (C=O) groups excluding carboxylic acids is 1. The van der Waals surface area contributed by atoms with Crippen LogP contribution in [0.25, 0.3) is 16.7 Å². The Morgan fingerprint density at radius 3 is 2.31 bits per heavy atom. The van der Waals surface area contributed by atoms with Crippen LogP contribution < -0.4 is 10.1 Å². The molecule has 1 amide bonds. The van der Waals surface area contributed by atoms with Gasteiger partial charge in [0.05, 0.1) is 5.69 Å². The standard InChI is InChI=1S/C26H28N4O2/c1-5-18(3)20-8-12-22(13-9-20)32-16-26(31)27-23-15-25-24(14-19(23)4)28-30(29-25)21-10-6-17(2)7-11-21/h6-15,18H,5,16H2,1-4H3,(H,27,31)/t18-/m0/s1. The number of fused-ring (bicyclic) bond motifs is 1. The molecule has 32 heavy (non-hydrogen) atoms. The highest BCUT2D eigenvalue weighted by molar-refractivity contribution is 5.95. The van der Waals surface area contributed by atoms with Crippen LogP contribution in [0.5, 0.6) is 5.75 Å². The van der Waals surface area contributed by atoms with E-state index in [1.807, 2.05) is 62.4 Å². The molecule has 164 valence electrons. The Kier molecular flexibility index (Phi) is 6.21. The molecule has 1 atom stereocenters. The average molecular weight is 429 g/mol. The molecule has 4 aromatic rings. The van der Waals surface area contributed by atoms with E-state index >= 15 is 0 Å². The summed E-state index contributed by atoms with van der Waals surface area (Å²) in [5, 5.41) is 12.1. The lowest BCUT2D eigenvalue weighted by atomic mass is 9.99. The fourth-order valence-corrected chi connectivity index (χ4v) is 3.46.